The minimum absolute atomic E-state index is 0.0127. The number of alkyl halides is 3. The normalized spacial score (nSPS) is 24.6. The summed E-state index contributed by atoms with van der Waals surface area (Å²) < 4.78 is 37.2. The summed E-state index contributed by atoms with van der Waals surface area (Å²) in [5.74, 6) is -0.204. The summed E-state index contributed by atoms with van der Waals surface area (Å²) in [5.41, 5.74) is 0. The van der Waals surface area contributed by atoms with E-state index in [4.69, 9.17) is 0 Å². The number of nitrogens with zero attached hydrogens (tertiary/aromatic N) is 1. The first-order valence-electron chi connectivity index (χ1n) is 7.69. The molecular formula is C14H22F3N3O2. The molecule has 5 nitrogen and oxygen atoms in total. The molecule has 2 N–H and O–H groups in total. The third kappa shape index (κ3) is 4.51. The lowest BCUT2D eigenvalue weighted by atomic mass is 9.80. The van der Waals surface area contributed by atoms with E-state index in [0.29, 0.717) is 18.8 Å². The van der Waals surface area contributed by atoms with Crippen LogP contribution in [0.3, 0.4) is 0 Å². The minimum Gasteiger partial charge on any atom is -0.335 e. The molecule has 0 radical (unpaired) electrons. The molecule has 126 valence electrons. The number of piperidine rings is 1. The molecule has 2 fully saturated rings. The lowest BCUT2D eigenvalue weighted by Gasteiger charge is -2.34. The van der Waals surface area contributed by atoms with Gasteiger partial charge in [-0.15, -0.1) is 0 Å². The van der Waals surface area contributed by atoms with Gasteiger partial charge in [0.05, 0.1) is 0 Å². The van der Waals surface area contributed by atoms with Gasteiger partial charge in [0, 0.05) is 12.6 Å². The van der Waals surface area contributed by atoms with Crippen LogP contribution in [0.1, 0.15) is 39.0 Å². The highest BCUT2D eigenvalue weighted by molar-refractivity contribution is 5.87. The second kappa shape index (κ2) is 6.75. The van der Waals surface area contributed by atoms with E-state index in [2.05, 4.69) is 10.6 Å². The number of carbonyl (C=O) groups excluding carboxylic acids is 2. The Labute approximate surface area is 127 Å². The molecule has 8 heteroatoms. The number of hydrogen-bond acceptors (Lipinski definition) is 2. The van der Waals surface area contributed by atoms with Gasteiger partial charge in [-0.05, 0) is 38.5 Å². The van der Waals surface area contributed by atoms with Gasteiger partial charge in [0.2, 0.25) is 5.91 Å². The van der Waals surface area contributed by atoms with Crippen molar-refractivity contribution in [1.82, 2.24) is 15.5 Å². The molecule has 1 aliphatic heterocycles. The first kappa shape index (κ1) is 16.9. The van der Waals surface area contributed by atoms with Gasteiger partial charge in [0.1, 0.15) is 12.6 Å². The summed E-state index contributed by atoms with van der Waals surface area (Å²) in [7, 11) is 0. The van der Waals surface area contributed by atoms with Gasteiger partial charge >= 0.3 is 12.2 Å². The zero-order chi connectivity index (χ0) is 16.3. The lowest BCUT2D eigenvalue weighted by molar-refractivity contribution is -0.164. The summed E-state index contributed by atoms with van der Waals surface area (Å²) in [6.45, 7) is 0.725. The molecule has 0 aromatic heterocycles. The molecule has 1 saturated heterocycles. The largest absolute Gasteiger partial charge is 0.406 e. The molecule has 1 aliphatic carbocycles. The maximum atomic E-state index is 12.4. The maximum absolute atomic E-state index is 12.4. The number of hydrogen-bond donors (Lipinski definition) is 2. The predicted molar refractivity (Wildman–Crippen MR) is 74.1 cm³/mol. The second-order valence-corrected chi connectivity index (χ2v) is 6.17. The first-order chi connectivity index (χ1) is 10.3. The molecule has 2 aliphatic rings. The third-order valence-corrected chi connectivity index (χ3v) is 4.42. The average molecular weight is 321 g/mol. The van der Waals surface area contributed by atoms with Crippen LogP contribution >= 0.6 is 0 Å². The number of likely N-dealkylation sites (tertiary alicyclic amines) is 1. The predicted octanol–water partition coefficient (Wildman–Crippen LogP) is 2.03. The highest BCUT2D eigenvalue weighted by Gasteiger charge is 2.38. The van der Waals surface area contributed by atoms with E-state index in [1.54, 1.807) is 0 Å². The molecule has 0 bridgehead atoms. The standard InChI is InChI=1S/C14H22F3N3O2/c1-9(10-4-2-5-10)18-13(22)19-11-6-3-7-20(12(11)21)8-14(15,16)17/h9-11H,2-8H2,1H3,(H2,18,19,22)/t9-,11-/m1/s1. The Morgan fingerprint density at radius 2 is 2.00 bits per heavy atom. The molecule has 0 spiro atoms. The van der Waals surface area contributed by atoms with E-state index in [-0.39, 0.29) is 12.6 Å². The Kier molecular flexibility index (Phi) is 5.18. The number of nitrogens with one attached hydrogen (secondary N) is 2. The van der Waals surface area contributed by atoms with Gasteiger partial charge in [-0.2, -0.15) is 13.2 Å². The number of halogens is 3. The molecule has 1 heterocycles. The van der Waals surface area contributed by atoms with Crippen LogP contribution in [0.4, 0.5) is 18.0 Å². The SMILES string of the molecule is C[C@@H](NC(=O)N[C@@H]1CCCN(CC(F)(F)F)C1=O)C1CCC1. The fourth-order valence-corrected chi connectivity index (χ4v) is 2.91. The molecular weight excluding hydrogens is 299 g/mol. The number of rotatable bonds is 4. The van der Waals surface area contributed by atoms with Crippen molar-refractivity contribution >= 4 is 11.9 Å². The van der Waals surface area contributed by atoms with Crippen LogP contribution in [0.25, 0.3) is 0 Å². The van der Waals surface area contributed by atoms with Crippen molar-refractivity contribution in [3.05, 3.63) is 0 Å². The van der Waals surface area contributed by atoms with E-state index >= 15 is 0 Å². The summed E-state index contributed by atoms with van der Waals surface area (Å²) in [5, 5.41) is 5.28. The number of carbonyl (C=O) groups is 2. The van der Waals surface area contributed by atoms with E-state index in [1.165, 1.54) is 0 Å². The maximum Gasteiger partial charge on any atom is 0.406 e. The van der Waals surface area contributed by atoms with Gasteiger partial charge in [-0.3, -0.25) is 4.79 Å². The van der Waals surface area contributed by atoms with Gasteiger partial charge in [0.25, 0.3) is 0 Å². The van der Waals surface area contributed by atoms with E-state index in [1.807, 2.05) is 6.92 Å². The molecule has 3 amide bonds. The van der Waals surface area contributed by atoms with Crippen LogP contribution in [-0.4, -0.2) is 48.2 Å². The van der Waals surface area contributed by atoms with E-state index in [9.17, 15) is 22.8 Å². The van der Waals surface area contributed by atoms with Crippen LogP contribution < -0.4 is 10.6 Å². The van der Waals surface area contributed by atoms with Crippen molar-refractivity contribution in [1.29, 1.82) is 0 Å². The summed E-state index contributed by atoms with van der Waals surface area (Å²) in [4.78, 5) is 24.7. The monoisotopic (exact) mass is 321 g/mol. The summed E-state index contributed by atoms with van der Waals surface area (Å²) in [6.07, 6.45) is -0.292. The zero-order valence-corrected chi connectivity index (χ0v) is 12.6. The second-order valence-electron chi connectivity index (χ2n) is 6.17. The number of amides is 3. The zero-order valence-electron chi connectivity index (χ0n) is 12.6. The summed E-state index contributed by atoms with van der Waals surface area (Å²) in [6, 6.07) is -1.34. The quantitative estimate of drug-likeness (QED) is 0.832. The fraction of sp³-hybridized carbons (Fsp3) is 0.857. The Bertz CT molecular complexity index is 424. The Morgan fingerprint density at radius 1 is 1.32 bits per heavy atom. The first-order valence-corrected chi connectivity index (χ1v) is 7.69. The fourth-order valence-electron chi connectivity index (χ4n) is 2.91. The van der Waals surface area contributed by atoms with Crippen LogP contribution in [0.2, 0.25) is 0 Å². The van der Waals surface area contributed by atoms with Crippen LogP contribution in [-0.2, 0) is 4.79 Å². The van der Waals surface area contributed by atoms with Crippen molar-refractivity contribution < 1.29 is 22.8 Å². The topological polar surface area (TPSA) is 61.4 Å². The molecule has 2 rings (SSSR count). The van der Waals surface area contributed by atoms with Gasteiger partial charge in [-0.1, -0.05) is 6.42 Å². The molecule has 0 aromatic carbocycles. The van der Waals surface area contributed by atoms with Crippen molar-refractivity contribution in [3.8, 4) is 0 Å². The van der Waals surface area contributed by atoms with E-state index in [0.717, 1.165) is 24.2 Å². The highest BCUT2D eigenvalue weighted by Crippen LogP contribution is 2.29. The van der Waals surface area contributed by atoms with Gasteiger partial charge in [-0.25, -0.2) is 4.79 Å². The number of urea groups is 1. The van der Waals surface area contributed by atoms with Crippen LogP contribution in [0, 0.1) is 5.92 Å². The van der Waals surface area contributed by atoms with Gasteiger partial charge in [0.15, 0.2) is 0 Å². The molecule has 22 heavy (non-hydrogen) atoms. The minimum atomic E-state index is -4.42. The van der Waals surface area contributed by atoms with Crippen molar-refractivity contribution in [2.75, 3.05) is 13.1 Å². The Morgan fingerprint density at radius 3 is 2.55 bits per heavy atom. The Hall–Kier alpha value is -1.47. The van der Waals surface area contributed by atoms with Crippen LogP contribution in [0.15, 0.2) is 0 Å². The summed E-state index contributed by atoms with van der Waals surface area (Å²) >= 11 is 0. The molecule has 1 saturated carbocycles. The van der Waals surface area contributed by atoms with Crippen molar-refractivity contribution in [2.24, 2.45) is 5.92 Å². The lowest BCUT2D eigenvalue weighted by Crippen LogP contribution is -2.57. The molecule has 2 atom stereocenters. The van der Waals surface area contributed by atoms with Gasteiger partial charge < -0.3 is 15.5 Å². The highest BCUT2D eigenvalue weighted by atomic mass is 19.4. The molecule has 0 unspecified atom stereocenters. The average Bonchev–Trinajstić information content (AvgIpc) is 2.30. The Balaban J connectivity index is 1.83. The smallest absolute Gasteiger partial charge is 0.335 e. The molecule has 0 aromatic rings. The van der Waals surface area contributed by atoms with Crippen LogP contribution in [0.5, 0.6) is 0 Å². The van der Waals surface area contributed by atoms with Crippen molar-refractivity contribution in [2.45, 2.75) is 57.3 Å². The van der Waals surface area contributed by atoms with Crippen molar-refractivity contribution in [3.63, 3.8) is 0 Å². The third-order valence-electron chi connectivity index (χ3n) is 4.42. The van der Waals surface area contributed by atoms with E-state index < -0.39 is 30.7 Å².